The molecule has 0 radical (unpaired) electrons. The van der Waals surface area contributed by atoms with Crippen LogP contribution < -0.4 is 5.32 Å². The van der Waals surface area contributed by atoms with Gasteiger partial charge in [0.15, 0.2) is 0 Å². The van der Waals surface area contributed by atoms with Crippen molar-refractivity contribution in [3.8, 4) is 0 Å². The van der Waals surface area contributed by atoms with E-state index in [1.54, 1.807) is 38.1 Å². The molecule has 0 aliphatic carbocycles. The number of anilines is 1. The number of aryl methyl sites for hydroxylation is 2. The minimum atomic E-state index is -3.64. The molecule has 27 heavy (non-hydrogen) atoms. The van der Waals surface area contributed by atoms with Gasteiger partial charge in [-0.3, -0.25) is 4.79 Å². The van der Waals surface area contributed by atoms with E-state index in [9.17, 15) is 17.6 Å². The molecule has 144 valence electrons. The summed E-state index contributed by atoms with van der Waals surface area (Å²) in [6, 6.07) is 9.03. The van der Waals surface area contributed by atoms with Crippen LogP contribution in [0.4, 0.5) is 10.1 Å². The van der Waals surface area contributed by atoms with Crippen molar-refractivity contribution in [1.82, 2.24) is 4.31 Å². The number of halogens is 1. The predicted molar refractivity (Wildman–Crippen MR) is 103 cm³/mol. The Morgan fingerprint density at radius 1 is 1.00 bits per heavy atom. The summed E-state index contributed by atoms with van der Waals surface area (Å²) in [5, 5.41) is 2.62. The number of sulfonamides is 1. The van der Waals surface area contributed by atoms with Crippen LogP contribution in [0.5, 0.6) is 0 Å². The van der Waals surface area contributed by atoms with Crippen LogP contribution in [0.1, 0.15) is 40.7 Å². The van der Waals surface area contributed by atoms with Crippen LogP contribution in [0, 0.1) is 19.7 Å². The molecule has 0 atom stereocenters. The van der Waals surface area contributed by atoms with E-state index in [2.05, 4.69) is 5.32 Å². The second-order valence-electron chi connectivity index (χ2n) is 6.86. The fourth-order valence-corrected chi connectivity index (χ4v) is 4.91. The van der Waals surface area contributed by atoms with Gasteiger partial charge in [0.05, 0.1) is 4.90 Å². The van der Waals surface area contributed by atoms with Crippen molar-refractivity contribution in [1.29, 1.82) is 0 Å². The number of benzene rings is 2. The molecule has 7 heteroatoms. The lowest BCUT2D eigenvalue weighted by atomic mass is 10.1. The number of carbonyl (C=O) groups excluding carboxylic acids is 1. The van der Waals surface area contributed by atoms with Gasteiger partial charge in [-0.15, -0.1) is 0 Å². The van der Waals surface area contributed by atoms with E-state index in [0.29, 0.717) is 29.9 Å². The molecule has 3 rings (SSSR count). The quantitative estimate of drug-likeness (QED) is 0.862. The minimum Gasteiger partial charge on any atom is -0.322 e. The molecule has 2 aromatic carbocycles. The van der Waals surface area contributed by atoms with E-state index in [-0.39, 0.29) is 10.5 Å². The summed E-state index contributed by atoms with van der Waals surface area (Å²) in [5.74, 6) is -0.890. The number of nitrogens with one attached hydrogen (secondary N) is 1. The van der Waals surface area contributed by atoms with E-state index in [0.717, 1.165) is 19.3 Å². The zero-order chi connectivity index (χ0) is 19.6. The molecule has 0 bridgehead atoms. The Morgan fingerprint density at radius 3 is 2.33 bits per heavy atom. The average Bonchev–Trinajstić information content (AvgIpc) is 2.65. The molecule has 0 saturated carbocycles. The third kappa shape index (κ3) is 4.20. The first-order chi connectivity index (χ1) is 12.8. The molecular formula is C20H23FN2O3S. The smallest absolute Gasteiger partial charge is 0.255 e. The molecule has 5 nitrogen and oxygen atoms in total. The van der Waals surface area contributed by atoms with Crippen LogP contribution in [-0.4, -0.2) is 31.7 Å². The first-order valence-corrected chi connectivity index (χ1v) is 10.4. The molecule has 1 aliphatic rings. The number of hydrogen-bond donors (Lipinski definition) is 1. The summed E-state index contributed by atoms with van der Waals surface area (Å²) in [6.45, 7) is 4.36. The van der Waals surface area contributed by atoms with Gasteiger partial charge in [0.1, 0.15) is 5.82 Å². The molecule has 1 saturated heterocycles. The van der Waals surface area contributed by atoms with Gasteiger partial charge in [0, 0.05) is 24.3 Å². The Hall–Kier alpha value is -2.25. The molecule has 1 fully saturated rings. The highest BCUT2D eigenvalue weighted by atomic mass is 32.2. The van der Waals surface area contributed by atoms with Crippen LogP contribution in [-0.2, 0) is 10.0 Å². The van der Waals surface area contributed by atoms with Gasteiger partial charge in [0.25, 0.3) is 5.91 Å². The topological polar surface area (TPSA) is 66.5 Å². The zero-order valence-electron chi connectivity index (χ0n) is 15.5. The highest BCUT2D eigenvalue weighted by Crippen LogP contribution is 2.25. The van der Waals surface area contributed by atoms with Crippen molar-refractivity contribution in [3.05, 3.63) is 58.9 Å². The van der Waals surface area contributed by atoms with E-state index in [4.69, 9.17) is 0 Å². The van der Waals surface area contributed by atoms with Crippen molar-refractivity contribution in [2.45, 2.75) is 38.0 Å². The lowest BCUT2D eigenvalue weighted by Gasteiger charge is -2.26. The van der Waals surface area contributed by atoms with Gasteiger partial charge >= 0.3 is 0 Å². The second-order valence-corrected chi connectivity index (χ2v) is 8.77. The third-order valence-electron chi connectivity index (χ3n) is 4.81. The van der Waals surface area contributed by atoms with Crippen LogP contribution >= 0.6 is 0 Å². The van der Waals surface area contributed by atoms with Gasteiger partial charge < -0.3 is 5.32 Å². The van der Waals surface area contributed by atoms with Crippen molar-refractivity contribution >= 4 is 21.6 Å². The predicted octanol–water partition coefficient (Wildman–Crippen LogP) is 3.87. The Bertz CT molecular complexity index is 967. The standard InChI is InChI=1S/C20H23FN2O3S/c1-14-7-9-17(13-18(14)21)22-20(24)16-8-6-15(2)19(12-16)27(25,26)23-10-4-3-5-11-23/h6-9,12-13H,3-5,10-11H2,1-2H3,(H,22,24). The number of nitrogens with zero attached hydrogens (tertiary/aromatic N) is 1. The molecule has 0 aromatic heterocycles. The zero-order valence-corrected chi connectivity index (χ0v) is 16.3. The largest absolute Gasteiger partial charge is 0.322 e. The SMILES string of the molecule is Cc1ccc(NC(=O)c2ccc(C)c(S(=O)(=O)N3CCCCC3)c2)cc1F. The molecular weight excluding hydrogens is 367 g/mol. The van der Waals surface area contributed by atoms with Gasteiger partial charge in [-0.25, -0.2) is 12.8 Å². The molecule has 2 aromatic rings. The Kier molecular flexibility index (Phi) is 5.62. The first-order valence-electron chi connectivity index (χ1n) is 8.97. The second kappa shape index (κ2) is 7.78. The average molecular weight is 390 g/mol. The van der Waals surface area contributed by atoms with Crippen LogP contribution in [0.15, 0.2) is 41.3 Å². The van der Waals surface area contributed by atoms with Crippen molar-refractivity contribution in [3.63, 3.8) is 0 Å². The maximum atomic E-state index is 13.7. The molecule has 1 amide bonds. The summed E-state index contributed by atoms with van der Waals surface area (Å²) in [6.07, 6.45) is 2.72. The van der Waals surface area contributed by atoms with Gasteiger partial charge in [-0.2, -0.15) is 4.31 Å². The van der Waals surface area contributed by atoms with Gasteiger partial charge in [-0.1, -0.05) is 18.6 Å². The minimum absolute atomic E-state index is 0.145. The van der Waals surface area contributed by atoms with E-state index < -0.39 is 21.7 Å². The summed E-state index contributed by atoms with van der Waals surface area (Å²) in [4.78, 5) is 12.7. The Labute approximate surface area is 159 Å². The number of hydrogen-bond acceptors (Lipinski definition) is 3. The molecule has 0 spiro atoms. The maximum absolute atomic E-state index is 13.7. The Balaban J connectivity index is 1.88. The highest BCUT2D eigenvalue weighted by molar-refractivity contribution is 7.89. The van der Waals surface area contributed by atoms with Crippen molar-refractivity contribution < 1.29 is 17.6 Å². The third-order valence-corrected chi connectivity index (χ3v) is 6.85. The van der Waals surface area contributed by atoms with E-state index in [1.165, 1.54) is 16.4 Å². The number of amides is 1. The molecule has 1 aliphatic heterocycles. The summed E-state index contributed by atoms with van der Waals surface area (Å²) in [5.41, 5.74) is 1.62. The molecule has 1 N–H and O–H groups in total. The summed E-state index contributed by atoms with van der Waals surface area (Å²) in [7, 11) is -3.64. The highest BCUT2D eigenvalue weighted by Gasteiger charge is 2.28. The molecule has 0 unspecified atom stereocenters. The summed E-state index contributed by atoms with van der Waals surface area (Å²) >= 11 is 0. The first kappa shape index (κ1) is 19.5. The van der Waals surface area contributed by atoms with Crippen LogP contribution in [0.25, 0.3) is 0 Å². The van der Waals surface area contributed by atoms with E-state index >= 15 is 0 Å². The van der Waals surface area contributed by atoms with Crippen LogP contribution in [0.2, 0.25) is 0 Å². The van der Waals surface area contributed by atoms with E-state index in [1.807, 2.05) is 0 Å². The fourth-order valence-electron chi connectivity index (χ4n) is 3.14. The molecule has 1 heterocycles. The van der Waals surface area contributed by atoms with Crippen molar-refractivity contribution in [2.75, 3.05) is 18.4 Å². The lowest BCUT2D eigenvalue weighted by molar-refractivity contribution is 0.102. The van der Waals surface area contributed by atoms with Gasteiger partial charge in [-0.05, 0) is 62.1 Å². The lowest BCUT2D eigenvalue weighted by Crippen LogP contribution is -2.36. The Morgan fingerprint density at radius 2 is 1.67 bits per heavy atom. The number of carbonyl (C=O) groups is 1. The number of piperidine rings is 1. The fraction of sp³-hybridized carbons (Fsp3) is 0.350. The monoisotopic (exact) mass is 390 g/mol. The van der Waals surface area contributed by atoms with Crippen molar-refractivity contribution in [2.24, 2.45) is 0 Å². The van der Waals surface area contributed by atoms with Gasteiger partial charge in [0.2, 0.25) is 10.0 Å². The normalized spacial score (nSPS) is 15.5. The van der Waals surface area contributed by atoms with Crippen LogP contribution in [0.3, 0.4) is 0 Å². The summed E-state index contributed by atoms with van der Waals surface area (Å²) < 4.78 is 41.1. The maximum Gasteiger partial charge on any atom is 0.255 e. The number of rotatable bonds is 4.